The Morgan fingerprint density at radius 3 is 2.38 bits per heavy atom. The van der Waals surface area contributed by atoms with Crippen LogP contribution in [0.3, 0.4) is 0 Å². The van der Waals surface area contributed by atoms with Gasteiger partial charge in [0.1, 0.15) is 5.75 Å². The van der Waals surface area contributed by atoms with Crippen LogP contribution in [0.15, 0.2) is 54.7 Å². The number of hydrogen-bond donors (Lipinski definition) is 1. The quantitative estimate of drug-likeness (QED) is 0.427. The van der Waals surface area contributed by atoms with Gasteiger partial charge >= 0.3 is 5.97 Å². The number of benzene rings is 2. The van der Waals surface area contributed by atoms with Crippen molar-refractivity contribution >= 4 is 82.7 Å². The summed E-state index contributed by atoms with van der Waals surface area (Å²) in [5.41, 5.74) is 1.49. The van der Waals surface area contributed by atoms with Gasteiger partial charge in [-0.25, -0.2) is 4.79 Å². The summed E-state index contributed by atoms with van der Waals surface area (Å²) in [5.74, 6) is -1.12. The predicted octanol–water partition coefficient (Wildman–Crippen LogP) is 5.67. The number of imide groups is 1. The number of halogens is 3. The molecule has 0 aliphatic carbocycles. The first-order valence-electron chi connectivity index (χ1n) is 8.08. The maximum atomic E-state index is 12.7. The average molecular weight is 606 g/mol. The summed E-state index contributed by atoms with van der Waals surface area (Å²) < 4.78 is 7.10. The molecule has 1 fully saturated rings. The third kappa shape index (κ3) is 5.30. The van der Waals surface area contributed by atoms with Crippen molar-refractivity contribution in [3.05, 3.63) is 65.8 Å². The molecule has 2 amide bonds. The monoisotopic (exact) mass is 603 g/mol. The van der Waals surface area contributed by atoms with Crippen LogP contribution in [-0.2, 0) is 16.1 Å². The lowest BCUT2D eigenvalue weighted by Gasteiger charge is -2.13. The number of carboxylic acids is 1. The lowest BCUT2D eigenvalue weighted by atomic mass is 10.2. The van der Waals surface area contributed by atoms with E-state index in [1.807, 2.05) is 24.3 Å². The zero-order valence-corrected chi connectivity index (χ0v) is 20.1. The van der Waals surface area contributed by atoms with Crippen LogP contribution in [0, 0.1) is 0 Å². The lowest BCUT2D eigenvalue weighted by Crippen LogP contribution is -2.27. The maximum absolute atomic E-state index is 12.7. The van der Waals surface area contributed by atoms with Crippen molar-refractivity contribution < 1.29 is 24.2 Å². The highest BCUT2D eigenvalue weighted by atomic mass is 79.9. The molecule has 1 N–H and O–H groups in total. The number of nitrogens with zero attached hydrogens (tertiary/aromatic N) is 1. The second-order valence-electron chi connectivity index (χ2n) is 5.86. The van der Waals surface area contributed by atoms with Gasteiger partial charge in [0.2, 0.25) is 0 Å². The molecule has 0 aromatic heterocycles. The first-order chi connectivity index (χ1) is 13.8. The number of thioether (sulfide) groups is 1. The minimum Gasteiger partial charge on any atom is -0.480 e. The second-order valence-corrected chi connectivity index (χ2v) is 9.41. The first kappa shape index (κ1) is 22.1. The normalized spacial score (nSPS) is 15.3. The molecule has 3 rings (SSSR count). The molecule has 2 aromatic carbocycles. The highest BCUT2D eigenvalue weighted by Crippen LogP contribution is 2.38. The molecule has 0 saturated carbocycles. The number of carbonyl (C=O) groups is 3. The summed E-state index contributed by atoms with van der Waals surface area (Å²) in [5, 5.41) is 8.42. The van der Waals surface area contributed by atoms with E-state index >= 15 is 0 Å². The van der Waals surface area contributed by atoms with Gasteiger partial charge in [0, 0.05) is 4.47 Å². The average Bonchev–Trinajstić information content (AvgIpc) is 2.90. The van der Waals surface area contributed by atoms with Gasteiger partial charge in [0.15, 0.2) is 6.61 Å². The molecular formula is C19H12Br3NO5S. The highest BCUT2D eigenvalue weighted by Gasteiger charge is 2.35. The summed E-state index contributed by atoms with van der Waals surface area (Å²) in [6, 6.07) is 10.8. The number of hydrogen-bond acceptors (Lipinski definition) is 5. The summed E-state index contributed by atoms with van der Waals surface area (Å²) in [4.78, 5) is 37.3. The first-order valence-corrected chi connectivity index (χ1v) is 11.3. The lowest BCUT2D eigenvalue weighted by molar-refractivity contribution is -0.139. The van der Waals surface area contributed by atoms with E-state index in [2.05, 4.69) is 47.8 Å². The molecule has 10 heteroatoms. The van der Waals surface area contributed by atoms with Crippen molar-refractivity contribution in [2.45, 2.75) is 6.54 Å². The Hall–Kier alpha value is -1.62. The Balaban J connectivity index is 1.82. The van der Waals surface area contributed by atoms with Gasteiger partial charge in [0.05, 0.1) is 20.4 Å². The fraction of sp³-hybridized carbons (Fsp3) is 0.105. The summed E-state index contributed by atoms with van der Waals surface area (Å²) in [6.07, 6.45) is 1.61. The largest absolute Gasteiger partial charge is 0.480 e. The molecule has 0 atom stereocenters. The van der Waals surface area contributed by atoms with Crippen molar-refractivity contribution in [2.75, 3.05) is 6.61 Å². The second kappa shape index (κ2) is 9.46. The van der Waals surface area contributed by atoms with Crippen LogP contribution in [0.2, 0.25) is 0 Å². The summed E-state index contributed by atoms with van der Waals surface area (Å²) in [6.45, 7) is -0.302. The van der Waals surface area contributed by atoms with E-state index in [1.165, 1.54) is 4.90 Å². The molecule has 6 nitrogen and oxygen atoms in total. The zero-order chi connectivity index (χ0) is 21.1. The summed E-state index contributed by atoms with van der Waals surface area (Å²) >= 11 is 11.0. The van der Waals surface area contributed by atoms with Crippen LogP contribution in [0.1, 0.15) is 11.1 Å². The number of rotatable bonds is 6. The third-order valence-electron chi connectivity index (χ3n) is 3.82. The van der Waals surface area contributed by atoms with Crippen LogP contribution in [0.25, 0.3) is 6.08 Å². The molecule has 0 radical (unpaired) electrons. The van der Waals surface area contributed by atoms with Gasteiger partial charge < -0.3 is 9.84 Å². The highest BCUT2D eigenvalue weighted by molar-refractivity contribution is 9.11. The molecule has 0 unspecified atom stereocenters. The van der Waals surface area contributed by atoms with Gasteiger partial charge in [-0.05, 0) is 79.0 Å². The number of carboxylic acid groups (broad SMARTS) is 1. The van der Waals surface area contributed by atoms with Crippen LogP contribution < -0.4 is 4.74 Å². The fourth-order valence-corrected chi connectivity index (χ4v) is 5.22. The van der Waals surface area contributed by atoms with Crippen molar-refractivity contribution in [2.24, 2.45) is 0 Å². The van der Waals surface area contributed by atoms with Crippen LogP contribution in [0.4, 0.5) is 4.79 Å². The van der Waals surface area contributed by atoms with Gasteiger partial charge in [-0.2, -0.15) is 0 Å². The zero-order valence-electron chi connectivity index (χ0n) is 14.5. The smallest absolute Gasteiger partial charge is 0.341 e. The van der Waals surface area contributed by atoms with E-state index in [0.717, 1.165) is 21.8 Å². The number of aliphatic carboxylic acids is 1. The topological polar surface area (TPSA) is 83.9 Å². The molecule has 2 aromatic rings. The molecule has 0 bridgehead atoms. The van der Waals surface area contributed by atoms with E-state index in [-0.39, 0.29) is 17.7 Å². The van der Waals surface area contributed by atoms with E-state index < -0.39 is 12.6 Å². The number of ether oxygens (including phenoxy) is 1. The van der Waals surface area contributed by atoms with E-state index in [1.54, 1.807) is 18.2 Å². The number of carbonyl (C=O) groups excluding carboxylic acids is 2. The Labute approximate surface area is 195 Å². The van der Waals surface area contributed by atoms with Crippen molar-refractivity contribution in [1.29, 1.82) is 0 Å². The molecule has 150 valence electrons. The SMILES string of the molecule is O=C(O)COc1c(Br)cc(/C=C2\SC(=O)N(Cc3ccccc3Br)C2=O)cc1Br. The fourth-order valence-electron chi connectivity index (χ4n) is 2.52. The van der Waals surface area contributed by atoms with Crippen LogP contribution in [0.5, 0.6) is 5.75 Å². The Morgan fingerprint density at radius 2 is 1.76 bits per heavy atom. The molecule has 29 heavy (non-hydrogen) atoms. The third-order valence-corrected chi connectivity index (χ3v) is 6.68. The molecule has 1 saturated heterocycles. The van der Waals surface area contributed by atoms with Crippen LogP contribution in [-0.4, -0.2) is 33.7 Å². The number of amides is 2. The van der Waals surface area contributed by atoms with E-state index in [0.29, 0.717) is 25.2 Å². The molecule has 1 aliphatic rings. The minimum atomic E-state index is -1.09. The van der Waals surface area contributed by atoms with Crippen molar-refractivity contribution in [3.8, 4) is 5.75 Å². The Kier molecular flexibility index (Phi) is 7.20. The van der Waals surface area contributed by atoms with Gasteiger partial charge in [-0.15, -0.1) is 0 Å². The van der Waals surface area contributed by atoms with Gasteiger partial charge in [-0.3, -0.25) is 14.5 Å². The molecular weight excluding hydrogens is 594 g/mol. The maximum Gasteiger partial charge on any atom is 0.341 e. The van der Waals surface area contributed by atoms with Crippen molar-refractivity contribution in [3.63, 3.8) is 0 Å². The van der Waals surface area contributed by atoms with Crippen molar-refractivity contribution in [1.82, 2.24) is 4.90 Å². The molecule has 0 spiro atoms. The van der Waals surface area contributed by atoms with E-state index in [9.17, 15) is 14.4 Å². The van der Waals surface area contributed by atoms with Gasteiger partial charge in [-0.1, -0.05) is 34.1 Å². The summed E-state index contributed by atoms with van der Waals surface area (Å²) in [7, 11) is 0. The molecule has 1 heterocycles. The van der Waals surface area contributed by atoms with E-state index in [4.69, 9.17) is 9.84 Å². The predicted molar refractivity (Wildman–Crippen MR) is 121 cm³/mol. The minimum absolute atomic E-state index is 0.179. The Morgan fingerprint density at radius 1 is 1.10 bits per heavy atom. The van der Waals surface area contributed by atoms with Gasteiger partial charge in [0.25, 0.3) is 11.1 Å². The Bertz CT molecular complexity index is 1020. The van der Waals surface area contributed by atoms with Crippen LogP contribution >= 0.6 is 59.6 Å². The molecule has 1 aliphatic heterocycles. The standard InChI is InChI=1S/C19H12Br3NO5S/c20-12-4-2-1-3-11(12)8-23-18(26)15(29-19(23)27)7-10-5-13(21)17(14(22)6-10)28-9-16(24)25/h1-7H,8-9H2,(H,24,25)/b15-7-.